The lowest BCUT2D eigenvalue weighted by atomic mass is 10.1. The number of aliphatic hydroxyl groups excluding tert-OH is 1. The highest BCUT2D eigenvalue weighted by Gasteiger charge is 2.12. The molecule has 0 saturated carbocycles. The molecule has 5 heteroatoms. The highest BCUT2D eigenvalue weighted by Crippen LogP contribution is 2.25. The standard InChI is InChI=1S/C12H12FNO3/c1-14-8(6-15)5-10(16)9-3-7(13)4-11(17-2)12(9)14/h3-5,15H,6H2,1-2H3. The van der Waals surface area contributed by atoms with Gasteiger partial charge in [-0.15, -0.1) is 0 Å². The van der Waals surface area contributed by atoms with Crippen molar-refractivity contribution < 1.29 is 14.2 Å². The highest BCUT2D eigenvalue weighted by atomic mass is 19.1. The monoisotopic (exact) mass is 237 g/mol. The van der Waals surface area contributed by atoms with Crippen molar-refractivity contribution in [3.63, 3.8) is 0 Å². The molecule has 0 radical (unpaired) electrons. The molecule has 0 atom stereocenters. The SMILES string of the molecule is COc1cc(F)cc2c(=O)cc(CO)n(C)c12. The van der Waals surface area contributed by atoms with Crippen LogP contribution in [-0.4, -0.2) is 16.8 Å². The summed E-state index contributed by atoms with van der Waals surface area (Å²) in [4.78, 5) is 11.8. The molecule has 0 aliphatic heterocycles. The van der Waals surface area contributed by atoms with E-state index in [0.717, 1.165) is 0 Å². The molecule has 17 heavy (non-hydrogen) atoms. The lowest BCUT2D eigenvalue weighted by molar-refractivity contribution is 0.272. The Morgan fingerprint density at radius 1 is 1.41 bits per heavy atom. The third kappa shape index (κ3) is 1.78. The van der Waals surface area contributed by atoms with Crippen molar-refractivity contribution in [2.75, 3.05) is 7.11 Å². The van der Waals surface area contributed by atoms with Gasteiger partial charge in [-0.05, 0) is 6.07 Å². The minimum atomic E-state index is -0.525. The maximum atomic E-state index is 13.3. The number of hydrogen-bond acceptors (Lipinski definition) is 3. The summed E-state index contributed by atoms with van der Waals surface area (Å²) in [7, 11) is 3.10. The lowest BCUT2D eigenvalue weighted by Gasteiger charge is -2.13. The van der Waals surface area contributed by atoms with Gasteiger partial charge in [0.2, 0.25) is 0 Å². The van der Waals surface area contributed by atoms with E-state index in [-0.39, 0.29) is 23.2 Å². The zero-order valence-corrected chi connectivity index (χ0v) is 9.53. The molecule has 90 valence electrons. The zero-order valence-electron chi connectivity index (χ0n) is 9.53. The Morgan fingerprint density at radius 3 is 2.71 bits per heavy atom. The van der Waals surface area contributed by atoms with Crippen molar-refractivity contribution in [1.82, 2.24) is 4.57 Å². The number of aliphatic hydroxyl groups is 1. The number of nitrogens with zero attached hydrogens (tertiary/aromatic N) is 1. The maximum absolute atomic E-state index is 13.3. The molecule has 2 aromatic rings. The second-order valence-corrected chi connectivity index (χ2v) is 3.72. The Kier molecular flexibility index (Phi) is 2.85. The molecular formula is C12H12FNO3. The van der Waals surface area contributed by atoms with Gasteiger partial charge >= 0.3 is 0 Å². The zero-order chi connectivity index (χ0) is 12.6. The molecule has 1 N–H and O–H groups in total. The summed E-state index contributed by atoms with van der Waals surface area (Å²) in [6.45, 7) is -0.262. The van der Waals surface area contributed by atoms with Crippen molar-refractivity contribution >= 4 is 10.9 Å². The summed E-state index contributed by atoms with van der Waals surface area (Å²) in [5.41, 5.74) is 0.595. The fourth-order valence-electron chi connectivity index (χ4n) is 1.88. The summed E-state index contributed by atoms with van der Waals surface area (Å²) in [6.07, 6.45) is 0. The third-order valence-corrected chi connectivity index (χ3v) is 2.75. The van der Waals surface area contributed by atoms with Crippen LogP contribution in [0.1, 0.15) is 5.69 Å². The number of aryl methyl sites for hydroxylation is 1. The topological polar surface area (TPSA) is 51.5 Å². The van der Waals surface area contributed by atoms with Crippen LogP contribution in [-0.2, 0) is 13.7 Å². The number of fused-ring (bicyclic) bond motifs is 1. The number of pyridine rings is 1. The van der Waals surface area contributed by atoms with Gasteiger partial charge in [0.15, 0.2) is 5.43 Å². The first kappa shape index (κ1) is 11.6. The van der Waals surface area contributed by atoms with E-state index in [1.54, 1.807) is 11.6 Å². The van der Waals surface area contributed by atoms with Crippen LogP contribution in [0.3, 0.4) is 0 Å². The molecule has 0 spiro atoms. The summed E-state index contributed by atoms with van der Waals surface area (Å²) in [6, 6.07) is 3.67. The van der Waals surface area contributed by atoms with E-state index in [0.29, 0.717) is 11.2 Å². The second-order valence-electron chi connectivity index (χ2n) is 3.72. The van der Waals surface area contributed by atoms with E-state index in [4.69, 9.17) is 9.84 Å². The van der Waals surface area contributed by atoms with Gasteiger partial charge in [0, 0.05) is 24.9 Å². The van der Waals surface area contributed by atoms with Gasteiger partial charge in [0.1, 0.15) is 11.6 Å². The van der Waals surface area contributed by atoms with Gasteiger partial charge in [0.05, 0.1) is 24.6 Å². The Hall–Kier alpha value is -1.88. The minimum Gasteiger partial charge on any atom is -0.494 e. The number of methoxy groups -OCH3 is 1. The molecule has 1 heterocycles. The molecule has 2 rings (SSSR count). The van der Waals surface area contributed by atoms with Crippen LogP contribution in [0.15, 0.2) is 23.0 Å². The second kappa shape index (κ2) is 4.18. The van der Waals surface area contributed by atoms with E-state index in [9.17, 15) is 9.18 Å². The van der Waals surface area contributed by atoms with Gasteiger partial charge in [-0.1, -0.05) is 0 Å². The van der Waals surface area contributed by atoms with E-state index in [1.807, 2.05) is 0 Å². The van der Waals surface area contributed by atoms with E-state index in [1.165, 1.54) is 25.3 Å². The Balaban J connectivity index is 3.00. The molecule has 4 nitrogen and oxygen atoms in total. The number of rotatable bonds is 2. The van der Waals surface area contributed by atoms with Gasteiger partial charge < -0.3 is 14.4 Å². The smallest absolute Gasteiger partial charge is 0.190 e. The lowest BCUT2D eigenvalue weighted by Crippen LogP contribution is -2.12. The minimum absolute atomic E-state index is 0.238. The molecule has 0 saturated heterocycles. The van der Waals surface area contributed by atoms with Crippen molar-refractivity contribution in [3.05, 3.63) is 39.9 Å². The molecule has 0 amide bonds. The molecule has 0 aliphatic carbocycles. The van der Waals surface area contributed by atoms with Crippen LogP contribution in [0.25, 0.3) is 10.9 Å². The number of benzene rings is 1. The van der Waals surface area contributed by atoms with Crippen LogP contribution in [0.5, 0.6) is 5.75 Å². The van der Waals surface area contributed by atoms with Crippen LogP contribution < -0.4 is 10.2 Å². The number of halogens is 1. The number of aromatic nitrogens is 1. The van der Waals surface area contributed by atoms with Crippen LogP contribution in [0.2, 0.25) is 0 Å². The summed E-state index contributed by atoms with van der Waals surface area (Å²) in [5, 5.41) is 9.38. The fraction of sp³-hybridized carbons (Fsp3) is 0.250. The summed E-state index contributed by atoms with van der Waals surface area (Å²) in [5.74, 6) is -0.252. The van der Waals surface area contributed by atoms with Crippen LogP contribution in [0, 0.1) is 5.82 Å². The first-order valence-electron chi connectivity index (χ1n) is 5.05. The van der Waals surface area contributed by atoms with Gasteiger partial charge in [-0.2, -0.15) is 0 Å². The number of hydrogen-bond donors (Lipinski definition) is 1. The number of ether oxygens (including phenoxy) is 1. The third-order valence-electron chi connectivity index (χ3n) is 2.75. The highest BCUT2D eigenvalue weighted by molar-refractivity contribution is 5.85. The largest absolute Gasteiger partial charge is 0.494 e. The van der Waals surface area contributed by atoms with Crippen molar-refractivity contribution in [2.45, 2.75) is 6.61 Å². The average molecular weight is 237 g/mol. The van der Waals surface area contributed by atoms with Gasteiger partial charge in [-0.25, -0.2) is 4.39 Å². The van der Waals surface area contributed by atoms with E-state index < -0.39 is 5.82 Å². The molecule has 0 aliphatic rings. The molecular weight excluding hydrogens is 225 g/mol. The fourth-order valence-corrected chi connectivity index (χ4v) is 1.88. The first-order valence-corrected chi connectivity index (χ1v) is 5.05. The quantitative estimate of drug-likeness (QED) is 0.853. The summed E-state index contributed by atoms with van der Waals surface area (Å²) < 4.78 is 20.0. The van der Waals surface area contributed by atoms with E-state index >= 15 is 0 Å². The normalized spacial score (nSPS) is 10.8. The summed E-state index contributed by atoms with van der Waals surface area (Å²) >= 11 is 0. The van der Waals surface area contributed by atoms with Crippen molar-refractivity contribution in [3.8, 4) is 5.75 Å². The molecule has 1 aromatic heterocycles. The molecule has 0 unspecified atom stereocenters. The van der Waals surface area contributed by atoms with E-state index in [2.05, 4.69) is 0 Å². The van der Waals surface area contributed by atoms with Gasteiger partial charge in [0.25, 0.3) is 0 Å². The van der Waals surface area contributed by atoms with Crippen LogP contribution >= 0.6 is 0 Å². The molecule has 0 fully saturated rings. The molecule has 0 bridgehead atoms. The van der Waals surface area contributed by atoms with Gasteiger partial charge in [-0.3, -0.25) is 4.79 Å². The van der Waals surface area contributed by atoms with Crippen molar-refractivity contribution in [1.29, 1.82) is 0 Å². The predicted molar refractivity (Wildman–Crippen MR) is 61.6 cm³/mol. The Morgan fingerprint density at radius 2 is 2.12 bits per heavy atom. The maximum Gasteiger partial charge on any atom is 0.190 e. The predicted octanol–water partition coefficient (Wildman–Crippen LogP) is 1.18. The first-order chi connectivity index (χ1) is 8.08. The average Bonchev–Trinajstić information content (AvgIpc) is 2.32. The van der Waals surface area contributed by atoms with Crippen molar-refractivity contribution in [2.24, 2.45) is 7.05 Å². The Bertz CT molecular complexity index is 634. The molecule has 1 aromatic carbocycles. The Labute approximate surface area is 96.9 Å². The van der Waals surface area contributed by atoms with Crippen LogP contribution in [0.4, 0.5) is 4.39 Å².